The van der Waals surface area contributed by atoms with Crippen molar-refractivity contribution >= 4 is 11.6 Å². The molecule has 3 rings (SSSR count). The van der Waals surface area contributed by atoms with Gasteiger partial charge in [-0.15, -0.1) is 0 Å². The van der Waals surface area contributed by atoms with Crippen LogP contribution in [-0.4, -0.2) is 94.9 Å². The van der Waals surface area contributed by atoms with Gasteiger partial charge in [0.05, 0.1) is 12.8 Å². The number of aliphatic imine (C=N–C) groups is 1. The predicted molar refractivity (Wildman–Crippen MR) is 117 cm³/mol. The second-order valence-corrected chi connectivity index (χ2v) is 7.52. The monoisotopic (exact) mass is 388 g/mol. The molecule has 7 nitrogen and oxygen atoms in total. The minimum absolute atomic E-state index is 0.393. The third kappa shape index (κ3) is 5.52. The van der Waals surface area contributed by atoms with Crippen molar-refractivity contribution in [1.29, 1.82) is 0 Å². The Kier molecular flexibility index (Phi) is 7.80. The fraction of sp³-hybridized carbons (Fsp3) is 0.667. The fourth-order valence-electron chi connectivity index (χ4n) is 4.04. The summed E-state index contributed by atoms with van der Waals surface area (Å²) in [6.07, 6.45) is 1.09. The molecule has 1 aromatic carbocycles. The van der Waals surface area contributed by atoms with Crippen molar-refractivity contribution in [3.63, 3.8) is 0 Å². The highest BCUT2D eigenvalue weighted by molar-refractivity contribution is 5.80. The first-order valence-corrected chi connectivity index (χ1v) is 10.5. The Morgan fingerprint density at radius 2 is 1.89 bits per heavy atom. The number of ether oxygens (including phenoxy) is 1. The number of piperazine rings is 1. The maximum atomic E-state index is 5.51. The molecule has 156 valence electrons. The number of likely N-dealkylation sites (N-methyl/N-ethyl adjacent to an activating group) is 1. The summed E-state index contributed by atoms with van der Waals surface area (Å²) in [7, 11) is 3.58. The van der Waals surface area contributed by atoms with Crippen molar-refractivity contribution in [2.75, 3.05) is 78.0 Å². The molecule has 1 atom stereocenters. The van der Waals surface area contributed by atoms with E-state index in [-0.39, 0.29) is 0 Å². The van der Waals surface area contributed by atoms with Crippen LogP contribution in [0, 0.1) is 0 Å². The summed E-state index contributed by atoms with van der Waals surface area (Å²) in [5.41, 5.74) is 1.17. The van der Waals surface area contributed by atoms with Crippen molar-refractivity contribution in [2.45, 2.75) is 19.4 Å². The Labute approximate surface area is 169 Å². The average Bonchev–Trinajstić information content (AvgIpc) is 3.21. The lowest BCUT2D eigenvalue weighted by Crippen LogP contribution is -2.50. The van der Waals surface area contributed by atoms with Crippen LogP contribution in [0.15, 0.2) is 29.3 Å². The van der Waals surface area contributed by atoms with Gasteiger partial charge in [-0.05, 0) is 25.1 Å². The molecule has 0 bridgehead atoms. The summed E-state index contributed by atoms with van der Waals surface area (Å²) in [6.45, 7) is 12.1. The Hall–Kier alpha value is -1.99. The number of guanidine groups is 1. The number of methoxy groups -OCH3 is 1. The second kappa shape index (κ2) is 10.5. The van der Waals surface area contributed by atoms with Gasteiger partial charge < -0.3 is 25.2 Å². The van der Waals surface area contributed by atoms with Gasteiger partial charge in [-0.1, -0.05) is 19.1 Å². The van der Waals surface area contributed by atoms with Gasteiger partial charge in [0.15, 0.2) is 5.96 Å². The van der Waals surface area contributed by atoms with Gasteiger partial charge in [0.2, 0.25) is 0 Å². The van der Waals surface area contributed by atoms with E-state index >= 15 is 0 Å². The van der Waals surface area contributed by atoms with E-state index in [0.717, 1.165) is 63.9 Å². The number of nitrogens with one attached hydrogen (secondary N) is 2. The molecule has 1 unspecified atom stereocenters. The molecule has 2 saturated heterocycles. The molecule has 0 spiro atoms. The number of nitrogens with zero attached hydrogens (tertiary/aromatic N) is 4. The molecule has 2 fully saturated rings. The van der Waals surface area contributed by atoms with Crippen molar-refractivity contribution < 1.29 is 4.74 Å². The molecular formula is C21H36N6O. The summed E-state index contributed by atoms with van der Waals surface area (Å²) in [4.78, 5) is 11.8. The third-order valence-corrected chi connectivity index (χ3v) is 5.81. The SMILES string of the molecule is CCN1CCN(CCNC(=NC)NC2CCN(c3ccccc3OC)C2)CC1. The smallest absolute Gasteiger partial charge is 0.191 e. The first kappa shape index (κ1) is 20.7. The summed E-state index contributed by atoms with van der Waals surface area (Å²) in [5.74, 6) is 1.84. The summed E-state index contributed by atoms with van der Waals surface area (Å²) in [6, 6.07) is 8.63. The number of benzene rings is 1. The lowest BCUT2D eigenvalue weighted by molar-refractivity contribution is 0.139. The van der Waals surface area contributed by atoms with Gasteiger partial charge in [-0.25, -0.2) is 0 Å². The molecule has 2 aliphatic heterocycles. The van der Waals surface area contributed by atoms with Crippen molar-refractivity contribution in [3.05, 3.63) is 24.3 Å². The van der Waals surface area contributed by atoms with Crippen LogP contribution in [0.4, 0.5) is 5.69 Å². The van der Waals surface area contributed by atoms with Gasteiger partial charge in [0.25, 0.3) is 0 Å². The van der Waals surface area contributed by atoms with Gasteiger partial charge in [0, 0.05) is 65.4 Å². The normalized spacial score (nSPS) is 21.8. The highest BCUT2D eigenvalue weighted by Crippen LogP contribution is 2.30. The number of para-hydroxylation sites is 2. The maximum absolute atomic E-state index is 5.51. The highest BCUT2D eigenvalue weighted by Gasteiger charge is 2.25. The molecule has 0 radical (unpaired) electrons. The zero-order valence-electron chi connectivity index (χ0n) is 17.7. The maximum Gasteiger partial charge on any atom is 0.191 e. The van der Waals surface area contributed by atoms with E-state index in [0.29, 0.717) is 6.04 Å². The zero-order chi connectivity index (χ0) is 19.8. The van der Waals surface area contributed by atoms with Crippen LogP contribution in [0.1, 0.15) is 13.3 Å². The van der Waals surface area contributed by atoms with Crippen LogP contribution >= 0.6 is 0 Å². The Bertz CT molecular complexity index is 629. The Morgan fingerprint density at radius 3 is 2.61 bits per heavy atom. The first-order chi connectivity index (χ1) is 13.7. The van der Waals surface area contributed by atoms with Gasteiger partial charge in [0.1, 0.15) is 5.75 Å². The minimum Gasteiger partial charge on any atom is -0.495 e. The molecular weight excluding hydrogens is 352 g/mol. The molecule has 2 aliphatic rings. The topological polar surface area (TPSA) is 55.4 Å². The lowest BCUT2D eigenvalue weighted by atomic mass is 10.2. The molecule has 2 N–H and O–H groups in total. The molecule has 1 aromatic rings. The van der Waals surface area contributed by atoms with E-state index < -0.39 is 0 Å². The molecule has 7 heteroatoms. The number of hydrogen-bond acceptors (Lipinski definition) is 5. The van der Waals surface area contributed by atoms with E-state index in [1.54, 1.807) is 7.11 Å². The quantitative estimate of drug-likeness (QED) is 0.539. The number of anilines is 1. The van der Waals surface area contributed by atoms with Crippen LogP contribution in [0.2, 0.25) is 0 Å². The molecule has 28 heavy (non-hydrogen) atoms. The summed E-state index contributed by atoms with van der Waals surface area (Å²) in [5, 5.41) is 7.07. The van der Waals surface area contributed by atoms with Crippen molar-refractivity contribution in [2.24, 2.45) is 4.99 Å². The summed E-state index contributed by atoms with van der Waals surface area (Å²) >= 11 is 0. The van der Waals surface area contributed by atoms with Gasteiger partial charge in [-0.3, -0.25) is 9.89 Å². The van der Waals surface area contributed by atoms with Crippen LogP contribution in [0.3, 0.4) is 0 Å². The van der Waals surface area contributed by atoms with E-state index in [9.17, 15) is 0 Å². The number of hydrogen-bond donors (Lipinski definition) is 2. The summed E-state index contributed by atoms with van der Waals surface area (Å²) < 4.78 is 5.51. The largest absolute Gasteiger partial charge is 0.495 e. The van der Waals surface area contributed by atoms with E-state index in [4.69, 9.17) is 4.74 Å². The molecule has 0 saturated carbocycles. The minimum atomic E-state index is 0.393. The fourth-order valence-corrected chi connectivity index (χ4v) is 4.04. The van der Waals surface area contributed by atoms with Crippen LogP contribution in [0.25, 0.3) is 0 Å². The van der Waals surface area contributed by atoms with Crippen molar-refractivity contribution in [1.82, 2.24) is 20.4 Å². The van der Waals surface area contributed by atoms with Crippen LogP contribution in [-0.2, 0) is 0 Å². The zero-order valence-corrected chi connectivity index (χ0v) is 17.7. The van der Waals surface area contributed by atoms with E-state index in [1.807, 2.05) is 19.2 Å². The number of rotatable bonds is 7. The average molecular weight is 389 g/mol. The van der Waals surface area contributed by atoms with E-state index in [2.05, 4.69) is 49.4 Å². The van der Waals surface area contributed by atoms with E-state index in [1.165, 1.54) is 18.8 Å². The van der Waals surface area contributed by atoms with Gasteiger partial charge >= 0.3 is 0 Å². The molecule has 0 aliphatic carbocycles. The first-order valence-electron chi connectivity index (χ1n) is 10.5. The second-order valence-electron chi connectivity index (χ2n) is 7.52. The Balaban J connectivity index is 1.41. The molecule has 0 aromatic heterocycles. The molecule has 2 heterocycles. The third-order valence-electron chi connectivity index (χ3n) is 5.81. The predicted octanol–water partition coefficient (Wildman–Crippen LogP) is 1.08. The van der Waals surface area contributed by atoms with Gasteiger partial charge in [-0.2, -0.15) is 0 Å². The molecule has 0 amide bonds. The van der Waals surface area contributed by atoms with Crippen LogP contribution < -0.4 is 20.3 Å². The lowest BCUT2D eigenvalue weighted by Gasteiger charge is -2.34. The standard InChI is InChI=1S/C21H36N6O/c1-4-25-13-15-26(16-14-25)12-10-23-21(22-2)24-18-9-11-27(17-18)19-7-5-6-8-20(19)28-3/h5-8,18H,4,9-17H2,1-3H3,(H2,22,23,24). The van der Waals surface area contributed by atoms with Crippen molar-refractivity contribution in [3.8, 4) is 5.75 Å². The van der Waals surface area contributed by atoms with Crippen LogP contribution in [0.5, 0.6) is 5.75 Å². The Morgan fingerprint density at radius 1 is 1.14 bits per heavy atom. The highest BCUT2D eigenvalue weighted by atomic mass is 16.5.